The molecule has 2 rings (SSSR count). The first-order valence-electron chi connectivity index (χ1n) is 6.21. The van der Waals surface area contributed by atoms with Crippen LogP contribution in [0.1, 0.15) is 19.5 Å². The fourth-order valence-electron chi connectivity index (χ4n) is 2.31. The second-order valence-corrected chi connectivity index (χ2v) is 5.33. The number of hydrogen-bond donors (Lipinski definition) is 0. The highest BCUT2D eigenvalue weighted by Gasteiger charge is 2.34. The molecule has 100 valence electrons. The maximum absolute atomic E-state index is 5.97. The van der Waals surface area contributed by atoms with Crippen LogP contribution in [-0.2, 0) is 9.47 Å². The van der Waals surface area contributed by atoms with Crippen LogP contribution < -0.4 is 4.90 Å². The van der Waals surface area contributed by atoms with E-state index in [4.69, 9.17) is 9.47 Å². The molecular formula is C13H21N3O2. The summed E-state index contributed by atoms with van der Waals surface area (Å²) in [6.07, 6.45) is 1.86. The van der Waals surface area contributed by atoms with E-state index in [1.54, 1.807) is 13.3 Å². The third-order valence-corrected chi connectivity index (χ3v) is 2.90. The van der Waals surface area contributed by atoms with Crippen molar-refractivity contribution in [3.05, 3.63) is 18.0 Å². The lowest BCUT2D eigenvalue weighted by Crippen LogP contribution is -2.54. The van der Waals surface area contributed by atoms with Crippen molar-refractivity contribution in [2.24, 2.45) is 0 Å². The van der Waals surface area contributed by atoms with Crippen molar-refractivity contribution in [3.63, 3.8) is 0 Å². The molecule has 0 aromatic carbocycles. The van der Waals surface area contributed by atoms with Crippen LogP contribution in [-0.4, -0.2) is 48.5 Å². The van der Waals surface area contributed by atoms with Gasteiger partial charge >= 0.3 is 0 Å². The van der Waals surface area contributed by atoms with Crippen LogP contribution >= 0.6 is 0 Å². The number of ether oxygens (including phenoxy) is 2. The van der Waals surface area contributed by atoms with Gasteiger partial charge in [-0.1, -0.05) is 0 Å². The Morgan fingerprint density at radius 3 is 3.00 bits per heavy atom. The van der Waals surface area contributed by atoms with Gasteiger partial charge in [0.2, 0.25) is 5.95 Å². The van der Waals surface area contributed by atoms with Gasteiger partial charge in [-0.2, -0.15) is 0 Å². The minimum absolute atomic E-state index is 0.0582. The number of morpholine rings is 1. The summed E-state index contributed by atoms with van der Waals surface area (Å²) in [5, 5.41) is 0. The van der Waals surface area contributed by atoms with E-state index in [9.17, 15) is 0 Å². The fraction of sp³-hybridized carbons (Fsp3) is 0.692. The maximum Gasteiger partial charge on any atom is 0.225 e. The normalized spacial score (nSPS) is 23.1. The lowest BCUT2D eigenvalue weighted by molar-refractivity contribution is -0.106. The molecule has 1 fully saturated rings. The maximum atomic E-state index is 5.97. The molecular weight excluding hydrogens is 230 g/mol. The molecule has 0 unspecified atom stereocenters. The number of aromatic nitrogens is 2. The summed E-state index contributed by atoms with van der Waals surface area (Å²) in [6, 6.07) is 1.90. The van der Waals surface area contributed by atoms with Gasteiger partial charge in [0.05, 0.1) is 18.3 Å². The molecule has 5 heteroatoms. The largest absolute Gasteiger partial charge is 0.382 e. The molecule has 0 spiro atoms. The summed E-state index contributed by atoms with van der Waals surface area (Å²) in [5.41, 5.74) is 0.766. The zero-order valence-corrected chi connectivity index (χ0v) is 11.5. The summed E-state index contributed by atoms with van der Waals surface area (Å²) in [7, 11) is 1.69. The first-order chi connectivity index (χ1) is 8.50. The number of rotatable bonds is 3. The molecule has 1 atom stereocenters. The molecule has 0 bridgehead atoms. The minimum atomic E-state index is -0.214. The Bertz CT molecular complexity index is 409. The predicted molar refractivity (Wildman–Crippen MR) is 69.8 cm³/mol. The SMILES string of the molecule is COC[C@H]1CN(c2nccc(C)n2)CC(C)(C)O1. The summed E-state index contributed by atoms with van der Waals surface area (Å²) >= 11 is 0. The fourth-order valence-corrected chi connectivity index (χ4v) is 2.31. The van der Waals surface area contributed by atoms with Crippen LogP contribution in [0.15, 0.2) is 12.3 Å². The monoisotopic (exact) mass is 251 g/mol. The Hall–Kier alpha value is -1.20. The number of methoxy groups -OCH3 is 1. The van der Waals surface area contributed by atoms with Crippen molar-refractivity contribution in [1.29, 1.82) is 0 Å². The van der Waals surface area contributed by atoms with Gasteiger partial charge in [-0.05, 0) is 26.8 Å². The van der Waals surface area contributed by atoms with Crippen LogP contribution in [0.5, 0.6) is 0 Å². The molecule has 5 nitrogen and oxygen atoms in total. The molecule has 1 aliphatic heterocycles. The van der Waals surface area contributed by atoms with Gasteiger partial charge in [0, 0.05) is 32.1 Å². The van der Waals surface area contributed by atoms with Crippen LogP contribution in [0.4, 0.5) is 5.95 Å². The lowest BCUT2D eigenvalue weighted by atomic mass is 10.1. The zero-order valence-electron chi connectivity index (χ0n) is 11.5. The summed E-state index contributed by atoms with van der Waals surface area (Å²) in [5.74, 6) is 0.771. The van der Waals surface area contributed by atoms with Crippen LogP contribution in [0.25, 0.3) is 0 Å². The molecule has 1 aromatic heterocycles. The minimum Gasteiger partial charge on any atom is -0.382 e. The zero-order chi connectivity index (χ0) is 13.2. The van der Waals surface area contributed by atoms with E-state index in [1.165, 1.54) is 0 Å². The van der Waals surface area contributed by atoms with Crippen molar-refractivity contribution in [1.82, 2.24) is 9.97 Å². The van der Waals surface area contributed by atoms with Gasteiger partial charge in [-0.25, -0.2) is 9.97 Å². The van der Waals surface area contributed by atoms with Crippen molar-refractivity contribution in [2.45, 2.75) is 32.5 Å². The number of aryl methyl sites for hydroxylation is 1. The highest BCUT2D eigenvalue weighted by atomic mass is 16.5. The molecule has 0 N–H and O–H groups in total. The van der Waals surface area contributed by atoms with Crippen molar-refractivity contribution in [2.75, 3.05) is 31.7 Å². The van der Waals surface area contributed by atoms with E-state index in [0.717, 1.165) is 24.7 Å². The highest BCUT2D eigenvalue weighted by molar-refractivity contribution is 5.32. The Labute approximate surface area is 108 Å². The van der Waals surface area contributed by atoms with Crippen LogP contribution in [0, 0.1) is 6.92 Å². The second kappa shape index (κ2) is 5.20. The van der Waals surface area contributed by atoms with Gasteiger partial charge in [0.15, 0.2) is 0 Å². The van der Waals surface area contributed by atoms with Gasteiger partial charge < -0.3 is 14.4 Å². The Kier molecular flexibility index (Phi) is 3.82. The third-order valence-electron chi connectivity index (χ3n) is 2.90. The van der Waals surface area contributed by atoms with Crippen molar-refractivity contribution < 1.29 is 9.47 Å². The summed E-state index contributed by atoms with van der Waals surface area (Å²) in [6.45, 7) is 8.28. The first-order valence-corrected chi connectivity index (χ1v) is 6.21. The van der Waals surface area contributed by atoms with Gasteiger partial charge in [0.1, 0.15) is 0 Å². The molecule has 1 aromatic rings. The summed E-state index contributed by atoms with van der Waals surface area (Å²) in [4.78, 5) is 11.0. The average Bonchev–Trinajstić information content (AvgIpc) is 2.27. The van der Waals surface area contributed by atoms with E-state index in [-0.39, 0.29) is 11.7 Å². The molecule has 0 saturated carbocycles. The molecule has 0 radical (unpaired) electrons. The van der Waals surface area contributed by atoms with Crippen molar-refractivity contribution >= 4 is 5.95 Å². The molecule has 0 amide bonds. The average molecular weight is 251 g/mol. The standard InChI is InChI=1S/C13H21N3O2/c1-10-5-6-14-12(15-10)16-7-11(8-17-4)18-13(2,3)9-16/h5-6,11H,7-9H2,1-4H3/t11-/m1/s1. The predicted octanol–water partition coefficient (Wildman–Crippen LogP) is 1.42. The van der Waals surface area contributed by atoms with Gasteiger partial charge in [0.25, 0.3) is 0 Å². The smallest absolute Gasteiger partial charge is 0.225 e. The lowest BCUT2D eigenvalue weighted by Gasteiger charge is -2.42. The van der Waals surface area contributed by atoms with Gasteiger partial charge in [-0.15, -0.1) is 0 Å². The molecule has 18 heavy (non-hydrogen) atoms. The molecule has 2 heterocycles. The van der Waals surface area contributed by atoms with E-state index in [0.29, 0.717) is 6.61 Å². The van der Waals surface area contributed by atoms with Crippen molar-refractivity contribution in [3.8, 4) is 0 Å². The van der Waals surface area contributed by atoms with Crippen LogP contribution in [0.2, 0.25) is 0 Å². The van der Waals surface area contributed by atoms with E-state index < -0.39 is 0 Å². The van der Waals surface area contributed by atoms with Gasteiger partial charge in [-0.3, -0.25) is 0 Å². The molecule has 1 saturated heterocycles. The quantitative estimate of drug-likeness (QED) is 0.813. The van der Waals surface area contributed by atoms with E-state index in [2.05, 4.69) is 28.7 Å². The number of hydrogen-bond acceptors (Lipinski definition) is 5. The second-order valence-electron chi connectivity index (χ2n) is 5.33. The highest BCUT2D eigenvalue weighted by Crippen LogP contribution is 2.23. The first kappa shape index (κ1) is 13.2. The van der Waals surface area contributed by atoms with E-state index >= 15 is 0 Å². The Morgan fingerprint density at radius 1 is 1.56 bits per heavy atom. The third kappa shape index (κ3) is 3.17. The number of nitrogens with zero attached hydrogens (tertiary/aromatic N) is 3. The van der Waals surface area contributed by atoms with Crippen LogP contribution in [0.3, 0.4) is 0 Å². The Balaban J connectivity index is 2.16. The molecule has 1 aliphatic rings. The Morgan fingerprint density at radius 2 is 2.33 bits per heavy atom. The topological polar surface area (TPSA) is 47.5 Å². The number of anilines is 1. The summed E-state index contributed by atoms with van der Waals surface area (Å²) < 4.78 is 11.2. The van der Waals surface area contributed by atoms with E-state index in [1.807, 2.05) is 13.0 Å². The molecule has 0 aliphatic carbocycles.